The van der Waals surface area contributed by atoms with Crippen molar-refractivity contribution in [2.24, 2.45) is 0 Å². The van der Waals surface area contributed by atoms with Crippen molar-refractivity contribution >= 4 is 17.9 Å². The lowest BCUT2D eigenvalue weighted by Gasteiger charge is -2.20. The minimum absolute atomic E-state index is 0. The monoisotopic (exact) mass is 221 g/mol. The minimum atomic E-state index is -1.35. The van der Waals surface area contributed by atoms with Crippen molar-refractivity contribution in [2.45, 2.75) is 19.9 Å². The first-order valence-electron chi connectivity index (χ1n) is 3.71. The highest BCUT2D eigenvalue weighted by molar-refractivity contribution is 5.81. The predicted molar refractivity (Wildman–Crippen MR) is 50.7 cm³/mol. The zero-order chi connectivity index (χ0) is 11.3. The molecule has 0 saturated carbocycles. The molecule has 7 heteroatoms. The fraction of sp³-hybridized carbons (Fsp3) is 0.625. The molecule has 0 aromatic rings. The summed E-state index contributed by atoms with van der Waals surface area (Å²) in [5, 5.41) is 25.4. The Morgan fingerprint density at radius 2 is 1.60 bits per heavy atom. The van der Waals surface area contributed by atoms with Gasteiger partial charge in [0.1, 0.15) is 6.04 Å². The molecule has 0 saturated heterocycles. The maximum atomic E-state index is 10.6. The van der Waals surface area contributed by atoms with Crippen LogP contribution >= 0.6 is 0 Å². The van der Waals surface area contributed by atoms with Crippen LogP contribution in [0.3, 0.4) is 0 Å². The molecule has 3 N–H and O–H groups in total. The van der Waals surface area contributed by atoms with Crippen LogP contribution in [-0.2, 0) is 14.4 Å². The maximum absolute atomic E-state index is 10.6. The molecule has 0 amide bonds. The van der Waals surface area contributed by atoms with Gasteiger partial charge in [0.05, 0.1) is 13.0 Å². The van der Waals surface area contributed by atoms with E-state index in [1.807, 2.05) is 0 Å². The Hall–Kier alpha value is -1.63. The van der Waals surface area contributed by atoms with Crippen LogP contribution in [0.2, 0.25) is 0 Å². The lowest BCUT2D eigenvalue weighted by molar-refractivity contribution is -0.151. The summed E-state index contributed by atoms with van der Waals surface area (Å²) in [6.07, 6.45) is -0.626. The van der Waals surface area contributed by atoms with Gasteiger partial charge in [0.15, 0.2) is 0 Å². The van der Waals surface area contributed by atoms with Gasteiger partial charge in [-0.15, -0.1) is 0 Å². The number of carboxylic acids is 3. The van der Waals surface area contributed by atoms with E-state index >= 15 is 0 Å². The molecule has 0 aliphatic carbocycles. The minimum Gasteiger partial charge on any atom is -0.481 e. The van der Waals surface area contributed by atoms with Gasteiger partial charge in [-0.25, -0.2) is 0 Å². The largest absolute Gasteiger partial charge is 0.481 e. The number of likely N-dealkylation sites (N-methyl/N-ethyl adjacent to an activating group) is 1. The normalized spacial score (nSPS) is 11.6. The third-order valence-corrected chi connectivity index (χ3v) is 1.57. The lowest BCUT2D eigenvalue weighted by Crippen LogP contribution is -2.42. The summed E-state index contributed by atoms with van der Waals surface area (Å²) in [7, 11) is 1.25. The number of hydrogen-bond acceptors (Lipinski definition) is 4. The molecular weight excluding hydrogens is 206 g/mol. The fourth-order valence-electron chi connectivity index (χ4n) is 0.921. The number of hydrogen-bond donors (Lipinski definition) is 3. The maximum Gasteiger partial charge on any atom is 0.321 e. The Bertz CT molecular complexity index is 252. The molecule has 1 atom stereocenters. The van der Waals surface area contributed by atoms with Crippen LogP contribution in [0.25, 0.3) is 0 Å². The first-order chi connectivity index (χ1) is 6.34. The first kappa shape index (κ1) is 15.8. The van der Waals surface area contributed by atoms with Crippen LogP contribution in [0.1, 0.15) is 13.8 Å². The molecular formula is C8H15NO6. The molecule has 1 unspecified atom stereocenters. The van der Waals surface area contributed by atoms with Crippen molar-refractivity contribution in [3.8, 4) is 0 Å². The number of nitrogens with zero attached hydrogens (tertiary/aromatic N) is 1. The van der Waals surface area contributed by atoms with Crippen molar-refractivity contribution in [3.63, 3.8) is 0 Å². The molecule has 0 spiro atoms. The smallest absolute Gasteiger partial charge is 0.321 e. The topological polar surface area (TPSA) is 115 Å². The summed E-state index contributed by atoms with van der Waals surface area (Å²) in [5.74, 6) is -3.84. The van der Waals surface area contributed by atoms with Gasteiger partial charge in [0.25, 0.3) is 0 Å². The highest BCUT2D eigenvalue weighted by Crippen LogP contribution is 2.02. The molecule has 0 radical (unpaired) electrons. The van der Waals surface area contributed by atoms with Crippen LogP contribution < -0.4 is 0 Å². The number of rotatable bonds is 6. The molecule has 0 fully saturated rings. The molecule has 0 rings (SSSR count). The molecule has 7 nitrogen and oxygen atoms in total. The fourth-order valence-corrected chi connectivity index (χ4v) is 0.921. The Labute approximate surface area is 86.9 Å². The van der Waals surface area contributed by atoms with E-state index in [9.17, 15) is 14.4 Å². The van der Waals surface area contributed by atoms with Gasteiger partial charge in [0.2, 0.25) is 0 Å². The van der Waals surface area contributed by atoms with Crippen LogP contribution in [0.4, 0.5) is 0 Å². The molecule has 0 bridgehead atoms. The molecule has 0 heterocycles. The molecule has 0 aromatic carbocycles. The zero-order valence-corrected chi connectivity index (χ0v) is 7.51. The van der Waals surface area contributed by atoms with E-state index in [0.717, 1.165) is 4.90 Å². The van der Waals surface area contributed by atoms with Gasteiger partial charge < -0.3 is 15.3 Å². The van der Waals surface area contributed by atoms with E-state index in [1.54, 1.807) is 0 Å². The van der Waals surface area contributed by atoms with E-state index in [0.29, 0.717) is 0 Å². The molecule has 0 aliphatic heterocycles. The highest BCUT2D eigenvalue weighted by atomic mass is 16.4. The van der Waals surface area contributed by atoms with E-state index in [1.165, 1.54) is 7.05 Å². The van der Waals surface area contributed by atoms with Gasteiger partial charge in [-0.3, -0.25) is 19.3 Å². The molecule has 0 aliphatic rings. The summed E-state index contributed by atoms with van der Waals surface area (Å²) in [4.78, 5) is 32.0. The second-order valence-electron chi connectivity index (χ2n) is 2.76. The number of carboxylic acid groups (broad SMARTS) is 3. The summed E-state index contributed by atoms with van der Waals surface area (Å²) in [6.45, 7) is -0.510. The SMILES string of the molecule is C.CN(CC(=O)O)C(CC(=O)O)C(=O)O. The Morgan fingerprint density at radius 1 is 1.13 bits per heavy atom. The van der Waals surface area contributed by atoms with Gasteiger partial charge in [-0.1, -0.05) is 7.43 Å². The molecule has 0 aromatic heterocycles. The van der Waals surface area contributed by atoms with Crippen molar-refractivity contribution in [1.29, 1.82) is 0 Å². The predicted octanol–water partition coefficient (Wildman–Crippen LogP) is -0.433. The number of aliphatic carboxylic acids is 3. The first-order valence-corrected chi connectivity index (χ1v) is 3.71. The third kappa shape index (κ3) is 6.44. The molecule has 15 heavy (non-hydrogen) atoms. The van der Waals surface area contributed by atoms with Crippen LogP contribution in [0.15, 0.2) is 0 Å². The summed E-state index contributed by atoms with van der Waals surface area (Å²) >= 11 is 0. The van der Waals surface area contributed by atoms with E-state index in [2.05, 4.69) is 0 Å². The summed E-state index contributed by atoms with van der Waals surface area (Å²) in [5.41, 5.74) is 0. The van der Waals surface area contributed by atoms with Gasteiger partial charge in [-0.2, -0.15) is 0 Å². The lowest BCUT2D eigenvalue weighted by atomic mass is 10.2. The zero-order valence-electron chi connectivity index (χ0n) is 7.51. The van der Waals surface area contributed by atoms with Crippen molar-refractivity contribution < 1.29 is 29.7 Å². The second-order valence-corrected chi connectivity index (χ2v) is 2.76. The third-order valence-electron chi connectivity index (χ3n) is 1.57. The van der Waals surface area contributed by atoms with Crippen LogP contribution in [-0.4, -0.2) is 57.8 Å². The Kier molecular flexibility index (Phi) is 7.14. The van der Waals surface area contributed by atoms with E-state index < -0.39 is 36.9 Å². The van der Waals surface area contributed by atoms with Crippen LogP contribution in [0.5, 0.6) is 0 Å². The van der Waals surface area contributed by atoms with E-state index in [-0.39, 0.29) is 7.43 Å². The Morgan fingerprint density at radius 3 is 1.87 bits per heavy atom. The van der Waals surface area contributed by atoms with Gasteiger partial charge >= 0.3 is 17.9 Å². The average Bonchev–Trinajstić information content (AvgIpc) is 1.97. The van der Waals surface area contributed by atoms with Crippen molar-refractivity contribution in [2.75, 3.05) is 13.6 Å². The average molecular weight is 221 g/mol. The van der Waals surface area contributed by atoms with Crippen LogP contribution in [0, 0.1) is 0 Å². The Balaban J connectivity index is 0. The standard InChI is InChI=1S/C7H11NO6.CH4/c1-8(3-6(11)12)4(7(13)14)2-5(9)10;/h4H,2-3H2,1H3,(H,9,10)(H,11,12)(H,13,14);1H4. The van der Waals surface area contributed by atoms with Gasteiger partial charge in [-0.05, 0) is 7.05 Å². The number of carbonyl (C=O) groups is 3. The summed E-state index contributed by atoms with van der Waals surface area (Å²) in [6, 6.07) is -1.32. The quantitative estimate of drug-likeness (QED) is 0.557. The molecule has 88 valence electrons. The highest BCUT2D eigenvalue weighted by Gasteiger charge is 2.26. The van der Waals surface area contributed by atoms with Crippen molar-refractivity contribution in [1.82, 2.24) is 4.90 Å². The van der Waals surface area contributed by atoms with E-state index in [4.69, 9.17) is 15.3 Å². The van der Waals surface area contributed by atoms with Crippen molar-refractivity contribution in [3.05, 3.63) is 0 Å². The summed E-state index contributed by atoms with van der Waals surface area (Å²) < 4.78 is 0. The van der Waals surface area contributed by atoms with Gasteiger partial charge in [0, 0.05) is 0 Å². The second kappa shape index (κ2) is 6.77.